The maximum atomic E-state index is 5.51. The highest BCUT2D eigenvalue weighted by Crippen LogP contribution is 2.62. The van der Waals surface area contributed by atoms with E-state index in [-0.39, 0.29) is 0 Å². The second-order valence-corrected chi connectivity index (χ2v) is 6.56. The molecule has 0 saturated heterocycles. The topological polar surface area (TPSA) is 20.7 Å². The Hall–Kier alpha value is -1.09. The SMILES string of the molecule is Cc1ccc2[nH]c(=S)n(CC3(C4CC4)CC3)c2c1. The Balaban J connectivity index is 1.81. The molecule has 94 valence electrons. The van der Waals surface area contributed by atoms with Gasteiger partial charge in [0.1, 0.15) is 0 Å². The lowest BCUT2D eigenvalue weighted by Gasteiger charge is -2.15. The minimum Gasteiger partial charge on any atom is -0.331 e. The zero-order chi connectivity index (χ0) is 12.3. The average Bonchev–Trinajstić information content (AvgIpc) is 3.22. The summed E-state index contributed by atoms with van der Waals surface area (Å²) in [6.07, 6.45) is 5.68. The van der Waals surface area contributed by atoms with Crippen LogP contribution in [0.2, 0.25) is 0 Å². The number of hydrogen-bond donors (Lipinski definition) is 1. The molecule has 0 amide bonds. The maximum absolute atomic E-state index is 5.51. The van der Waals surface area contributed by atoms with Gasteiger partial charge in [-0.25, -0.2) is 0 Å². The van der Waals surface area contributed by atoms with Crippen LogP contribution in [0.1, 0.15) is 31.2 Å². The van der Waals surface area contributed by atoms with Gasteiger partial charge in [0.05, 0.1) is 11.0 Å². The van der Waals surface area contributed by atoms with Crippen molar-refractivity contribution >= 4 is 23.3 Å². The Labute approximate surface area is 112 Å². The molecule has 2 aromatic rings. The fraction of sp³-hybridized carbons (Fsp3) is 0.533. The molecule has 2 aliphatic carbocycles. The van der Waals surface area contributed by atoms with E-state index in [1.807, 2.05) is 0 Å². The van der Waals surface area contributed by atoms with Crippen molar-refractivity contribution in [2.24, 2.45) is 11.3 Å². The third kappa shape index (κ3) is 1.57. The van der Waals surface area contributed by atoms with Crippen molar-refractivity contribution < 1.29 is 0 Å². The number of aryl methyl sites for hydroxylation is 1. The highest BCUT2D eigenvalue weighted by molar-refractivity contribution is 7.71. The molecule has 18 heavy (non-hydrogen) atoms. The van der Waals surface area contributed by atoms with Gasteiger partial charge < -0.3 is 9.55 Å². The maximum Gasteiger partial charge on any atom is 0.178 e. The summed E-state index contributed by atoms with van der Waals surface area (Å²) in [6.45, 7) is 3.27. The minimum atomic E-state index is 0.594. The molecule has 0 spiro atoms. The number of H-pyrrole nitrogens is 1. The number of fused-ring (bicyclic) bond motifs is 1. The van der Waals surface area contributed by atoms with E-state index >= 15 is 0 Å². The summed E-state index contributed by atoms with van der Waals surface area (Å²) in [6, 6.07) is 6.55. The summed E-state index contributed by atoms with van der Waals surface area (Å²) in [5, 5.41) is 0. The van der Waals surface area contributed by atoms with Crippen molar-refractivity contribution in [2.45, 2.75) is 39.2 Å². The molecule has 2 fully saturated rings. The second kappa shape index (κ2) is 3.47. The predicted molar refractivity (Wildman–Crippen MR) is 76.3 cm³/mol. The van der Waals surface area contributed by atoms with Gasteiger partial charge in [0, 0.05) is 6.54 Å². The van der Waals surface area contributed by atoms with Gasteiger partial charge in [-0.1, -0.05) is 6.07 Å². The van der Waals surface area contributed by atoms with E-state index in [1.54, 1.807) is 0 Å². The Bertz CT molecular complexity index is 671. The summed E-state index contributed by atoms with van der Waals surface area (Å²) in [4.78, 5) is 3.34. The molecule has 1 aromatic carbocycles. The third-order valence-corrected chi connectivity index (χ3v) is 5.06. The smallest absolute Gasteiger partial charge is 0.178 e. The first-order valence-corrected chi connectivity index (χ1v) is 7.28. The largest absolute Gasteiger partial charge is 0.331 e. The van der Waals surface area contributed by atoms with Crippen LogP contribution in [-0.4, -0.2) is 9.55 Å². The lowest BCUT2D eigenvalue weighted by Crippen LogP contribution is -2.13. The monoisotopic (exact) mass is 258 g/mol. The van der Waals surface area contributed by atoms with Gasteiger partial charge in [0.25, 0.3) is 0 Å². The fourth-order valence-electron chi connectivity index (χ4n) is 3.29. The Morgan fingerprint density at radius 3 is 2.83 bits per heavy atom. The number of imidazole rings is 1. The molecule has 4 rings (SSSR count). The van der Waals surface area contributed by atoms with Crippen LogP contribution in [-0.2, 0) is 6.54 Å². The zero-order valence-electron chi connectivity index (χ0n) is 10.7. The standard InChI is InChI=1S/C15H18N2S/c1-10-2-5-12-13(8-10)17(14(18)16-12)9-15(6-7-15)11-3-4-11/h2,5,8,11H,3-4,6-7,9H2,1H3,(H,16,18). The van der Waals surface area contributed by atoms with E-state index in [0.29, 0.717) is 5.41 Å². The van der Waals surface area contributed by atoms with Crippen LogP contribution in [0, 0.1) is 23.0 Å². The molecule has 3 heteroatoms. The van der Waals surface area contributed by atoms with Gasteiger partial charge in [0.2, 0.25) is 0 Å². The Morgan fingerprint density at radius 2 is 2.17 bits per heavy atom. The Kier molecular flexibility index (Phi) is 2.08. The summed E-state index contributed by atoms with van der Waals surface area (Å²) in [7, 11) is 0. The number of aromatic nitrogens is 2. The van der Waals surface area contributed by atoms with E-state index in [9.17, 15) is 0 Å². The summed E-state index contributed by atoms with van der Waals surface area (Å²) in [5.74, 6) is 0.981. The highest BCUT2D eigenvalue weighted by Gasteiger charge is 2.53. The molecule has 0 bridgehead atoms. The lowest BCUT2D eigenvalue weighted by molar-refractivity contribution is 0.373. The summed E-state index contributed by atoms with van der Waals surface area (Å²) < 4.78 is 3.23. The molecule has 2 saturated carbocycles. The van der Waals surface area contributed by atoms with E-state index in [1.165, 1.54) is 42.3 Å². The molecule has 1 heterocycles. The molecular weight excluding hydrogens is 240 g/mol. The van der Waals surface area contributed by atoms with Crippen molar-refractivity contribution in [3.05, 3.63) is 28.5 Å². The molecule has 2 nitrogen and oxygen atoms in total. The summed E-state index contributed by atoms with van der Waals surface area (Å²) in [5.41, 5.74) is 4.36. The average molecular weight is 258 g/mol. The molecule has 1 aromatic heterocycles. The van der Waals surface area contributed by atoms with Crippen LogP contribution in [0.5, 0.6) is 0 Å². The molecule has 0 radical (unpaired) electrons. The number of rotatable bonds is 3. The van der Waals surface area contributed by atoms with Gasteiger partial charge in [-0.15, -0.1) is 0 Å². The zero-order valence-corrected chi connectivity index (χ0v) is 11.5. The molecule has 1 N–H and O–H groups in total. The van der Waals surface area contributed by atoms with Crippen molar-refractivity contribution in [2.75, 3.05) is 0 Å². The van der Waals surface area contributed by atoms with E-state index in [4.69, 9.17) is 12.2 Å². The molecule has 0 aliphatic heterocycles. The van der Waals surface area contributed by atoms with Crippen LogP contribution in [0.15, 0.2) is 18.2 Å². The van der Waals surface area contributed by atoms with E-state index in [0.717, 1.165) is 17.2 Å². The van der Waals surface area contributed by atoms with Gasteiger partial charge in [-0.3, -0.25) is 0 Å². The second-order valence-electron chi connectivity index (χ2n) is 6.17. The molecule has 0 unspecified atom stereocenters. The van der Waals surface area contributed by atoms with Crippen LogP contribution in [0.4, 0.5) is 0 Å². The van der Waals surface area contributed by atoms with Gasteiger partial charge in [-0.05, 0) is 73.9 Å². The lowest BCUT2D eigenvalue weighted by atomic mass is 10.0. The van der Waals surface area contributed by atoms with E-state index < -0.39 is 0 Å². The first kappa shape index (κ1) is 10.8. The number of benzene rings is 1. The molecular formula is C15H18N2S. The first-order valence-electron chi connectivity index (χ1n) is 6.87. The minimum absolute atomic E-state index is 0.594. The van der Waals surface area contributed by atoms with Gasteiger partial charge in [0.15, 0.2) is 4.77 Å². The summed E-state index contributed by atoms with van der Waals surface area (Å²) >= 11 is 5.51. The van der Waals surface area contributed by atoms with Crippen LogP contribution in [0.3, 0.4) is 0 Å². The molecule has 2 aliphatic rings. The fourth-order valence-corrected chi connectivity index (χ4v) is 3.56. The quantitative estimate of drug-likeness (QED) is 0.818. The first-order chi connectivity index (χ1) is 8.68. The highest BCUT2D eigenvalue weighted by atomic mass is 32.1. The number of aromatic amines is 1. The van der Waals surface area contributed by atoms with Crippen LogP contribution in [0.25, 0.3) is 11.0 Å². The predicted octanol–water partition coefficient (Wildman–Crippen LogP) is 4.20. The van der Waals surface area contributed by atoms with Crippen molar-refractivity contribution in [3.8, 4) is 0 Å². The third-order valence-electron chi connectivity index (χ3n) is 4.74. The van der Waals surface area contributed by atoms with Gasteiger partial charge >= 0.3 is 0 Å². The molecule has 0 atom stereocenters. The van der Waals surface area contributed by atoms with Crippen LogP contribution < -0.4 is 0 Å². The van der Waals surface area contributed by atoms with Crippen molar-refractivity contribution in [1.29, 1.82) is 0 Å². The van der Waals surface area contributed by atoms with E-state index in [2.05, 4.69) is 34.7 Å². The van der Waals surface area contributed by atoms with Crippen LogP contribution >= 0.6 is 12.2 Å². The number of nitrogens with zero attached hydrogens (tertiary/aromatic N) is 1. The Morgan fingerprint density at radius 1 is 1.39 bits per heavy atom. The van der Waals surface area contributed by atoms with Crippen molar-refractivity contribution in [3.63, 3.8) is 0 Å². The number of nitrogens with one attached hydrogen (secondary N) is 1. The van der Waals surface area contributed by atoms with Crippen molar-refractivity contribution in [1.82, 2.24) is 9.55 Å². The van der Waals surface area contributed by atoms with Gasteiger partial charge in [-0.2, -0.15) is 0 Å². The number of hydrogen-bond acceptors (Lipinski definition) is 1. The normalized spacial score (nSPS) is 21.4.